The number of hydrogen-bond donors (Lipinski definition) is 0. The second-order valence-electron chi connectivity index (χ2n) is 4.26. The van der Waals surface area contributed by atoms with Gasteiger partial charge in [0.05, 0.1) is 33.0 Å². The fourth-order valence-electron chi connectivity index (χ4n) is 1.62. The van der Waals surface area contributed by atoms with Crippen LogP contribution in [0.2, 0.25) is 0 Å². The first-order valence-electron chi connectivity index (χ1n) is 6.20. The minimum absolute atomic E-state index is 0.160. The summed E-state index contributed by atoms with van der Waals surface area (Å²) in [5, 5.41) is 0. The molecule has 1 aromatic rings. The molecule has 0 amide bonds. The molecule has 0 bridgehead atoms. The van der Waals surface area contributed by atoms with Crippen molar-refractivity contribution < 1.29 is 23.7 Å². The van der Waals surface area contributed by atoms with E-state index in [1.165, 1.54) is 20.3 Å². The number of benzene rings is 1. The Bertz CT molecular complexity index is 466. The molecule has 0 aliphatic heterocycles. The van der Waals surface area contributed by atoms with Gasteiger partial charge < -0.3 is 18.9 Å². The highest BCUT2D eigenvalue weighted by atomic mass is 16.5. The highest BCUT2D eigenvalue weighted by Gasteiger charge is 2.11. The third-order valence-corrected chi connectivity index (χ3v) is 2.49. The molecule has 0 heterocycles. The van der Waals surface area contributed by atoms with E-state index in [4.69, 9.17) is 18.9 Å². The zero-order chi connectivity index (χ0) is 15.1. The van der Waals surface area contributed by atoms with E-state index in [0.29, 0.717) is 22.8 Å². The molecule has 0 radical (unpaired) electrons. The van der Waals surface area contributed by atoms with Crippen LogP contribution in [0.5, 0.6) is 17.2 Å². The van der Waals surface area contributed by atoms with Crippen LogP contribution in [0.3, 0.4) is 0 Å². The predicted molar refractivity (Wildman–Crippen MR) is 76.4 cm³/mol. The average Bonchev–Trinajstić information content (AvgIpc) is 2.43. The lowest BCUT2D eigenvalue weighted by Gasteiger charge is -2.12. The summed E-state index contributed by atoms with van der Waals surface area (Å²) in [7, 11) is 4.64. The number of hydrogen-bond acceptors (Lipinski definition) is 5. The van der Waals surface area contributed by atoms with Gasteiger partial charge in [-0.3, -0.25) is 0 Å². The lowest BCUT2D eigenvalue weighted by molar-refractivity contribution is -0.141. The molecular weight excluding hydrogens is 260 g/mol. The van der Waals surface area contributed by atoms with E-state index in [2.05, 4.69) is 0 Å². The first-order valence-corrected chi connectivity index (χ1v) is 6.20. The van der Waals surface area contributed by atoms with Crippen molar-refractivity contribution in [2.24, 2.45) is 0 Å². The second-order valence-corrected chi connectivity index (χ2v) is 4.26. The van der Waals surface area contributed by atoms with Gasteiger partial charge in [-0.1, -0.05) is 0 Å². The zero-order valence-electron chi connectivity index (χ0n) is 12.4. The molecule has 1 rings (SSSR count). The fourth-order valence-corrected chi connectivity index (χ4v) is 1.62. The van der Waals surface area contributed by atoms with Crippen LogP contribution in [0, 0.1) is 0 Å². The first kappa shape index (κ1) is 15.9. The molecule has 1 aromatic carbocycles. The minimum Gasteiger partial charge on any atom is -0.496 e. The summed E-state index contributed by atoms with van der Waals surface area (Å²) in [5.74, 6) is 1.30. The lowest BCUT2D eigenvalue weighted by atomic mass is 10.1. The number of methoxy groups -OCH3 is 3. The predicted octanol–water partition coefficient (Wildman–Crippen LogP) is 2.68. The van der Waals surface area contributed by atoms with Crippen LogP contribution >= 0.6 is 0 Å². The van der Waals surface area contributed by atoms with E-state index >= 15 is 0 Å². The van der Waals surface area contributed by atoms with Crippen LogP contribution in [0.15, 0.2) is 18.2 Å². The SMILES string of the molecule is COc1cc(OC)c(/C=C/C(=O)OC(C)C)c(OC)c1. The molecule has 110 valence electrons. The maximum absolute atomic E-state index is 11.5. The Hall–Kier alpha value is -2.17. The summed E-state index contributed by atoms with van der Waals surface area (Å²) < 4.78 is 20.7. The van der Waals surface area contributed by atoms with Crippen molar-refractivity contribution in [3.05, 3.63) is 23.8 Å². The third kappa shape index (κ3) is 4.19. The van der Waals surface area contributed by atoms with E-state index in [1.807, 2.05) is 0 Å². The molecule has 0 fully saturated rings. The lowest BCUT2D eigenvalue weighted by Crippen LogP contribution is -2.08. The molecule has 0 N–H and O–H groups in total. The van der Waals surface area contributed by atoms with E-state index in [9.17, 15) is 4.79 Å². The zero-order valence-corrected chi connectivity index (χ0v) is 12.4. The monoisotopic (exact) mass is 280 g/mol. The van der Waals surface area contributed by atoms with Crippen LogP contribution in [0.25, 0.3) is 6.08 Å². The largest absolute Gasteiger partial charge is 0.496 e. The summed E-state index contributed by atoms with van der Waals surface area (Å²) >= 11 is 0. The molecule has 0 aliphatic carbocycles. The summed E-state index contributed by atoms with van der Waals surface area (Å²) in [6.07, 6.45) is 2.78. The van der Waals surface area contributed by atoms with Crippen LogP contribution < -0.4 is 14.2 Å². The van der Waals surface area contributed by atoms with Gasteiger partial charge in [0.15, 0.2) is 0 Å². The molecule has 0 spiro atoms. The molecule has 0 aromatic heterocycles. The normalized spacial score (nSPS) is 10.7. The molecule has 0 saturated carbocycles. The van der Waals surface area contributed by atoms with Gasteiger partial charge in [0.25, 0.3) is 0 Å². The van der Waals surface area contributed by atoms with Crippen LogP contribution in [0.4, 0.5) is 0 Å². The Morgan fingerprint density at radius 3 is 2.00 bits per heavy atom. The fraction of sp³-hybridized carbons (Fsp3) is 0.400. The summed E-state index contributed by atoms with van der Waals surface area (Å²) in [6.45, 7) is 3.58. The maximum Gasteiger partial charge on any atom is 0.331 e. The van der Waals surface area contributed by atoms with Crippen molar-refractivity contribution >= 4 is 12.0 Å². The molecule has 0 saturated heterocycles. The van der Waals surface area contributed by atoms with E-state index in [0.717, 1.165) is 0 Å². The van der Waals surface area contributed by atoms with Gasteiger partial charge in [0, 0.05) is 18.2 Å². The smallest absolute Gasteiger partial charge is 0.331 e. The molecule has 5 nitrogen and oxygen atoms in total. The molecular formula is C15H20O5. The molecule has 5 heteroatoms. The van der Waals surface area contributed by atoms with Crippen molar-refractivity contribution in [3.8, 4) is 17.2 Å². The van der Waals surface area contributed by atoms with E-state index < -0.39 is 5.97 Å². The van der Waals surface area contributed by atoms with Crippen LogP contribution in [0.1, 0.15) is 19.4 Å². The van der Waals surface area contributed by atoms with Gasteiger partial charge in [-0.05, 0) is 19.9 Å². The standard InChI is InChI=1S/C15H20O5/c1-10(2)20-15(16)7-6-12-13(18-4)8-11(17-3)9-14(12)19-5/h6-10H,1-5H3/b7-6+. The summed E-state index contributed by atoms with van der Waals surface area (Å²) in [4.78, 5) is 11.5. The number of carbonyl (C=O) groups excluding carboxylic acids is 1. The molecule has 20 heavy (non-hydrogen) atoms. The Morgan fingerprint density at radius 1 is 1.05 bits per heavy atom. The number of carbonyl (C=O) groups is 1. The van der Waals surface area contributed by atoms with Gasteiger partial charge in [0.2, 0.25) is 0 Å². The number of esters is 1. The van der Waals surface area contributed by atoms with E-state index in [-0.39, 0.29) is 6.10 Å². The first-order chi connectivity index (χ1) is 9.51. The van der Waals surface area contributed by atoms with Crippen molar-refractivity contribution in [2.45, 2.75) is 20.0 Å². The molecule has 0 unspecified atom stereocenters. The van der Waals surface area contributed by atoms with Gasteiger partial charge in [-0.25, -0.2) is 4.79 Å². The van der Waals surface area contributed by atoms with E-state index in [1.54, 1.807) is 39.2 Å². The Balaban J connectivity index is 3.09. The summed E-state index contributed by atoms with van der Waals surface area (Å²) in [6, 6.07) is 3.44. The van der Waals surface area contributed by atoms with Crippen molar-refractivity contribution in [1.82, 2.24) is 0 Å². The van der Waals surface area contributed by atoms with Gasteiger partial charge >= 0.3 is 5.97 Å². The second kappa shape index (κ2) is 7.43. The Labute approximate surface area is 119 Å². The summed E-state index contributed by atoms with van der Waals surface area (Å²) in [5.41, 5.74) is 0.650. The van der Waals surface area contributed by atoms with Crippen LogP contribution in [-0.2, 0) is 9.53 Å². The van der Waals surface area contributed by atoms with Crippen LogP contribution in [-0.4, -0.2) is 33.4 Å². The average molecular weight is 280 g/mol. The maximum atomic E-state index is 11.5. The highest BCUT2D eigenvalue weighted by Crippen LogP contribution is 2.34. The minimum atomic E-state index is -0.417. The topological polar surface area (TPSA) is 54.0 Å². The van der Waals surface area contributed by atoms with Gasteiger partial charge in [-0.2, -0.15) is 0 Å². The quantitative estimate of drug-likeness (QED) is 0.592. The van der Waals surface area contributed by atoms with Crippen molar-refractivity contribution in [2.75, 3.05) is 21.3 Å². The number of ether oxygens (including phenoxy) is 4. The third-order valence-electron chi connectivity index (χ3n) is 2.49. The van der Waals surface area contributed by atoms with Gasteiger partial charge in [-0.15, -0.1) is 0 Å². The van der Waals surface area contributed by atoms with Gasteiger partial charge in [0.1, 0.15) is 17.2 Å². The van der Waals surface area contributed by atoms with Crippen molar-refractivity contribution in [1.29, 1.82) is 0 Å². The Kier molecular flexibility index (Phi) is 5.90. The molecule has 0 aliphatic rings. The highest BCUT2D eigenvalue weighted by molar-refractivity contribution is 5.88. The van der Waals surface area contributed by atoms with Crippen molar-refractivity contribution in [3.63, 3.8) is 0 Å². The molecule has 0 atom stereocenters. The Morgan fingerprint density at radius 2 is 1.60 bits per heavy atom. The number of rotatable bonds is 6.